The Labute approximate surface area is 173 Å². The van der Waals surface area contributed by atoms with Gasteiger partial charge >= 0.3 is 5.97 Å². The van der Waals surface area contributed by atoms with E-state index in [-0.39, 0.29) is 24.7 Å². The average Bonchev–Trinajstić information content (AvgIpc) is 2.69. The molecule has 0 unspecified atom stereocenters. The molecule has 1 aliphatic rings. The second kappa shape index (κ2) is 9.71. The number of carbonyl (C=O) groups excluding carboxylic acids is 1. The van der Waals surface area contributed by atoms with Gasteiger partial charge in [0, 0.05) is 37.7 Å². The normalized spacial score (nSPS) is 14.6. The number of carboxylic acids is 1. The molecular formula is C21H22ClFN2O4. The van der Waals surface area contributed by atoms with Crippen LogP contribution in [-0.2, 0) is 22.6 Å². The highest BCUT2D eigenvalue weighted by Crippen LogP contribution is 2.19. The monoisotopic (exact) mass is 420 g/mol. The number of nitrogens with zero attached hydrogens (tertiary/aromatic N) is 2. The molecule has 1 N–H and O–H groups in total. The molecule has 1 saturated heterocycles. The zero-order valence-corrected chi connectivity index (χ0v) is 16.6. The largest absolute Gasteiger partial charge is 0.481 e. The SMILES string of the molecule is O=C(O)Cc1ccc(OCC(=O)N2CCN(Cc3ccc(Cl)cc3)CC2)c(F)c1. The Morgan fingerprint density at radius 2 is 1.69 bits per heavy atom. The van der Waals surface area contributed by atoms with Crippen molar-refractivity contribution in [2.75, 3.05) is 32.8 Å². The molecule has 3 rings (SSSR count). The van der Waals surface area contributed by atoms with Crippen molar-refractivity contribution < 1.29 is 23.8 Å². The van der Waals surface area contributed by atoms with Gasteiger partial charge in [-0.15, -0.1) is 0 Å². The fourth-order valence-electron chi connectivity index (χ4n) is 3.18. The van der Waals surface area contributed by atoms with Gasteiger partial charge in [0.2, 0.25) is 0 Å². The summed E-state index contributed by atoms with van der Waals surface area (Å²) in [6, 6.07) is 11.7. The van der Waals surface area contributed by atoms with Gasteiger partial charge in [-0.05, 0) is 35.4 Å². The van der Waals surface area contributed by atoms with E-state index in [0.29, 0.717) is 23.7 Å². The summed E-state index contributed by atoms with van der Waals surface area (Å²) >= 11 is 5.90. The van der Waals surface area contributed by atoms with Gasteiger partial charge in [0.05, 0.1) is 6.42 Å². The molecule has 29 heavy (non-hydrogen) atoms. The van der Waals surface area contributed by atoms with Crippen LogP contribution >= 0.6 is 11.6 Å². The second-order valence-electron chi connectivity index (χ2n) is 6.91. The van der Waals surface area contributed by atoms with Gasteiger partial charge in [-0.2, -0.15) is 0 Å². The summed E-state index contributed by atoms with van der Waals surface area (Å²) in [5, 5.41) is 9.45. The highest BCUT2D eigenvalue weighted by molar-refractivity contribution is 6.30. The lowest BCUT2D eigenvalue weighted by Gasteiger charge is -2.34. The van der Waals surface area contributed by atoms with Crippen LogP contribution in [0.5, 0.6) is 5.75 Å². The van der Waals surface area contributed by atoms with E-state index < -0.39 is 11.8 Å². The number of piperazine rings is 1. The number of carboxylic acid groups (broad SMARTS) is 1. The fourth-order valence-corrected chi connectivity index (χ4v) is 3.31. The van der Waals surface area contributed by atoms with Crippen molar-refractivity contribution in [3.63, 3.8) is 0 Å². The van der Waals surface area contributed by atoms with Gasteiger partial charge in [0.15, 0.2) is 18.2 Å². The van der Waals surface area contributed by atoms with Crippen molar-refractivity contribution in [1.29, 1.82) is 0 Å². The maximum Gasteiger partial charge on any atom is 0.307 e. The number of hydrogen-bond donors (Lipinski definition) is 1. The van der Waals surface area contributed by atoms with Crippen molar-refractivity contribution >= 4 is 23.5 Å². The zero-order chi connectivity index (χ0) is 20.8. The molecule has 1 aliphatic heterocycles. The molecule has 1 fully saturated rings. The van der Waals surface area contributed by atoms with Crippen LogP contribution in [0.1, 0.15) is 11.1 Å². The first-order chi connectivity index (χ1) is 13.9. The molecule has 0 saturated carbocycles. The van der Waals surface area contributed by atoms with Crippen molar-refractivity contribution in [3.05, 3.63) is 64.4 Å². The van der Waals surface area contributed by atoms with Crippen LogP contribution in [-0.4, -0.2) is 59.6 Å². The molecule has 8 heteroatoms. The third-order valence-electron chi connectivity index (χ3n) is 4.75. The lowest BCUT2D eigenvalue weighted by Crippen LogP contribution is -2.49. The fraction of sp³-hybridized carbons (Fsp3) is 0.333. The van der Waals surface area contributed by atoms with Crippen molar-refractivity contribution in [3.8, 4) is 5.75 Å². The standard InChI is InChI=1S/C21H22ClFN2O4/c22-17-4-1-15(2-5-17)13-24-7-9-25(10-8-24)20(26)14-29-19-6-3-16(11-18(19)23)12-21(27)28/h1-6,11H,7-10,12-14H2,(H,27,28). The summed E-state index contributed by atoms with van der Waals surface area (Å²) in [4.78, 5) is 27.0. The van der Waals surface area contributed by atoms with Crippen LogP contribution in [0, 0.1) is 5.82 Å². The number of benzene rings is 2. The number of ether oxygens (including phenoxy) is 1. The van der Waals surface area contributed by atoms with Crippen LogP contribution in [0.4, 0.5) is 4.39 Å². The predicted molar refractivity (Wildman–Crippen MR) is 107 cm³/mol. The Morgan fingerprint density at radius 3 is 2.31 bits per heavy atom. The molecule has 2 aromatic rings. The Bertz CT molecular complexity index is 867. The molecule has 0 aliphatic carbocycles. The third kappa shape index (κ3) is 6.17. The van der Waals surface area contributed by atoms with E-state index in [1.807, 2.05) is 24.3 Å². The maximum absolute atomic E-state index is 14.0. The molecule has 154 valence electrons. The molecule has 0 radical (unpaired) electrons. The Hall–Kier alpha value is -2.64. The summed E-state index contributed by atoms with van der Waals surface area (Å²) in [6.07, 6.45) is -0.267. The van der Waals surface area contributed by atoms with Gasteiger partial charge < -0.3 is 14.7 Å². The highest BCUT2D eigenvalue weighted by Gasteiger charge is 2.22. The minimum Gasteiger partial charge on any atom is -0.481 e. The maximum atomic E-state index is 14.0. The molecule has 2 aromatic carbocycles. The summed E-state index contributed by atoms with van der Waals surface area (Å²) in [7, 11) is 0. The van der Waals surface area contributed by atoms with Crippen molar-refractivity contribution in [2.24, 2.45) is 0 Å². The first-order valence-electron chi connectivity index (χ1n) is 9.28. The van der Waals surface area contributed by atoms with E-state index in [9.17, 15) is 14.0 Å². The van der Waals surface area contributed by atoms with Crippen LogP contribution in [0.3, 0.4) is 0 Å². The van der Waals surface area contributed by atoms with E-state index in [1.54, 1.807) is 4.90 Å². The number of hydrogen-bond acceptors (Lipinski definition) is 4. The number of rotatable bonds is 7. The minimum absolute atomic E-state index is 0.0612. The molecule has 0 aromatic heterocycles. The topological polar surface area (TPSA) is 70.1 Å². The molecule has 0 spiro atoms. The van der Waals surface area contributed by atoms with E-state index >= 15 is 0 Å². The summed E-state index contributed by atoms with van der Waals surface area (Å²) in [6.45, 7) is 3.18. The Kier molecular flexibility index (Phi) is 7.06. The number of amides is 1. The molecular weight excluding hydrogens is 399 g/mol. The molecule has 1 heterocycles. The lowest BCUT2D eigenvalue weighted by atomic mass is 10.1. The van der Waals surface area contributed by atoms with Crippen molar-refractivity contribution in [2.45, 2.75) is 13.0 Å². The van der Waals surface area contributed by atoms with Gasteiger partial charge in [-0.1, -0.05) is 29.8 Å². The quantitative estimate of drug-likeness (QED) is 0.745. The predicted octanol–water partition coefficient (Wildman–Crippen LogP) is 2.83. The highest BCUT2D eigenvalue weighted by atomic mass is 35.5. The minimum atomic E-state index is -1.04. The second-order valence-corrected chi connectivity index (χ2v) is 7.34. The molecule has 0 atom stereocenters. The third-order valence-corrected chi connectivity index (χ3v) is 5.00. The van der Waals surface area contributed by atoms with Crippen LogP contribution < -0.4 is 4.74 Å². The first-order valence-corrected chi connectivity index (χ1v) is 9.66. The van der Waals surface area contributed by atoms with Gasteiger partial charge in [-0.3, -0.25) is 14.5 Å². The summed E-state index contributed by atoms with van der Waals surface area (Å²) < 4.78 is 19.3. The Balaban J connectivity index is 1.45. The first kappa shape index (κ1) is 21.1. The average molecular weight is 421 g/mol. The van der Waals surface area contributed by atoms with Crippen LogP contribution in [0.25, 0.3) is 0 Å². The zero-order valence-electron chi connectivity index (χ0n) is 15.8. The number of halogens is 2. The molecule has 0 bridgehead atoms. The number of aliphatic carboxylic acids is 1. The van der Waals surface area contributed by atoms with E-state index in [4.69, 9.17) is 21.4 Å². The van der Waals surface area contributed by atoms with E-state index in [1.165, 1.54) is 17.7 Å². The van der Waals surface area contributed by atoms with E-state index in [0.717, 1.165) is 25.7 Å². The summed E-state index contributed by atoms with van der Waals surface area (Å²) in [5.41, 5.74) is 1.50. The number of carbonyl (C=O) groups is 2. The van der Waals surface area contributed by atoms with Crippen LogP contribution in [0.2, 0.25) is 5.02 Å². The van der Waals surface area contributed by atoms with E-state index in [2.05, 4.69) is 4.90 Å². The summed E-state index contributed by atoms with van der Waals surface area (Å²) in [5.74, 6) is -1.98. The molecule has 6 nitrogen and oxygen atoms in total. The molecule has 1 amide bonds. The van der Waals surface area contributed by atoms with Crippen molar-refractivity contribution in [1.82, 2.24) is 9.80 Å². The smallest absolute Gasteiger partial charge is 0.307 e. The van der Waals surface area contributed by atoms with Gasteiger partial charge in [-0.25, -0.2) is 4.39 Å². The lowest BCUT2D eigenvalue weighted by molar-refractivity contribution is -0.136. The van der Waals surface area contributed by atoms with Crippen LogP contribution in [0.15, 0.2) is 42.5 Å². The Morgan fingerprint density at radius 1 is 1.03 bits per heavy atom. The van der Waals surface area contributed by atoms with Gasteiger partial charge in [0.1, 0.15) is 0 Å². The van der Waals surface area contributed by atoms with Gasteiger partial charge in [0.25, 0.3) is 5.91 Å².